The van der Waals surface area contributed by atoms with Crippen molar-refractivity contribution in [3.8, 4) is 10.6 Å². The Balaban J connectivity index is 1.22. The number of rotatable bonds is 9. The molecule has 0 aliphatic carbocycles. The van der Waals surface area contributed by atoms with Gasteiger partial charge in [-0.1, -0.05) is 91.0 Å². The molecule has 0 bridgehead atoms. The molecule has 1 unspecified atom stereocenters. The van der Waals surface area contributed by atoms with Crippen LogP contribution in [0.1, 0.15) is 28.5 Å². The second-order valence-corrected chi connectivity index (χ2v) is 12.8. The number of β-lactam (4-membered cyclic amide) rings is 1. The number of thiazole rings is 1. The molecule has 2 aliphatic rings. The Morgan fingerprint density at radius 1 is 0.891 bits per heavy atom. The van der Waals surface area contributed by atoms with E-state index in [1.165, 1.54) is 28.0 Å². The quantitative estimate of drug-likeness (QED) is 0.158. The molecule has 4 heterocycles. The zero-order valence-corrected chi connectivity index (χ0v) is 26.1. The molecule has 2 amide bonds. The van der Waals surface area contributed by atoms with Gasteiger partial charge in [0.15, 0.2) is 6.10 Å². The number of aromatic nitrogens is 2. The topological polar surface area (TPSA) is 101 Å². The molecule has 0 saturated carbocycles. The van der Waals surface area contributed by atoms with Crippen LogP contribution < -0.4 is 5.32 Å². The Hall–Kier alpha value is -5.06. The molecule has 5 aromatic rings. The van der Waals surface area contributed by atoms with Gasteiger partial charge in [-0.3, -0.25) is 19.5 Å². The highest BCUT2D eigenvalue weighted by Crippen LogP contribution is 2.45. The van der Waals surface area contributed by atoms with Crippen LogP contribution in [-0.4, -0.2) is 49.8 Å². The highest BCUT2D eigenvalue weighted by molar-refractivity contribution is 8.00. The van der Waals surface area contributed by atoms with E-state index in [4.69, 9.17) is 9.72 Å². The summed E-state index contributed by atoms with van der Waals surface area (Å²) in [7, 11) is 0. The van der Waals surface area contributed by atoms with Crippen LogP contribution in [0.3, 0.4) is 0 Å². The largest absolute Gasteiger partial charge is 0.448 e. The lowest BCUT2D eigenvalue weighted by Gasteiger charge is -2.49. The molecule has 1 N–H and O–H groups in total. The molecule has 0 radical (unpaired) electrons. The monoisotopic (exact) mass is 644 g/mol. The fourth-order valence-electron chi connectivity index (χ4n) is 5.60. The Bertz CT molecular complexity index is 1860. The smallest absolute Gasteiger partial charge is 0.356 e. The maximum atomic E-state index is 14.3. The second kappa shape index (κ2) is 13.1. The number of esters is 1. The summed E-state index contributed by atoms with van der Waals surface area (Å²) in [6.07, 6.45) is 2.87. The van der Waals surface area contributed by atoms with Gasteiger partial charge >= 0.3 is 5.97 Å². The Morgan fingerprint density at radius 3 is 2.17 bits per heavy atom. The molecule has 46 heavy (non-hydrogen) atoms. The number of carbonyl (C=O) groups excluding carboxylic acids is 3. The summed E-state index contributed by atoms with van der Waals surface area (Å²) in [5, 5.41) is 5.12. The van der Waals surface area contributed by atoms with Gasteiger partial charge in [0.25, 0.3) is 5.91 Å². The summed E-state index contributed by atoms with van der Waals surface area (Å²) in [4.78, 5) is 51.4. The molecule has 2 aliphatic heterocycles. The molecular formula is C36H28N4O4S2. The molecule has 2 aromatic heterocycles. The van der Waals surface area contributed by atoms with Crippen LogP contribution in [0.25, 0.3) is 16.1 Å². The van der Waals surface area contributed by atoms with Gasteiger partial charge in [0, 0.05) is 34.7 Å². The summed E-state index contributed by atoms with van der Waals surface area (Å²) in [5.41, 5.74) is 4.76. The van der Waals surface area contributed by atoms with Crippen LogP contribution in [-0.2, 0) is 25.5 Å². The number of nitrogens with one attached hydrogen (secondary N) is 1. The fraction of sp³-hybridized carbons (Fsp3) is 0.139. The number of thioether (sulfide) groups is 1. The molecule has 7 rings (SSSR count). The lowest BCUT2D eigenvalue weighted by molar-refractivity contribution is -0.154. The van der Waals surface area contributed by atoms with E-state index in [0.29, 0.717) is 17.0 Å². The van der Waals surface area contributed by atoms with Crippen LogP contribution in [0.5, 0.6) is 0 Å². The van der Waals surface area contributed by atoms with Crippen LogP contribution in [0.2, 0.25) is 0 Å². The summed E-state index contributed by atoms with van der Waals surface area (Å²) < 4.78 is 6.28. The summed E-state index contributed by atoms with van der Waals surface area (Å²) in [5.74, 6) is -0.828. The lowest BCUT2D eigenvalue weighted by Crippen LogP contribution is -2.70. The van der Waals surface area contributed by atoms with E-state index < -0.39 is 23.5 Å². The van der Waals surface area contributed by atoms with E-state index >= 15 is 0 Å². The van der Waals surface area contributed by atoms with Crippen molar-refractivity contribution in [3.05, 3.63) is 149 Å². The molecule has 8 nitrogen and oxygen atoms in total. The van der Waals surface area contributed by atoms with E-state index in [1.54, 1.807) is 12.4 Å². The van der Waals surface area contributed by atoms with Crippen molar-refractivity contribution < 1.29 is 19.1 Å². The standard InChI is InChI=1S/C36H28N4O4S2/c41-29(20-23-10-4-1-5-11-23)39-30-34(42)40-31(36(43)44-32(24-12-6-2-7-13-24)25-14-8-3-9-15-25)27(21-46-35(30)40)28-22-45-33(38-28)26-16-18-37-19-17-26/h1-19,22,30,32,35H,20-21H2,(H,39,41)/t30?,35-/m1/s1. The number of hydrogen-bond donors (Lipinski definition) is 1. The summed E-state index contributed by atoms with van der Waals surface area (Å²) >= 11 is 2.95. The van der Waals surface area contributed by atoms with Crippen molar-refractivity contribution >= 4 is 46.5 Å². The first-order valence-corrected chi connectivity index (χ1v) is 16.7. The van der Waals surface area contributed by atoms with Gasteiger partial charge in [0.2, 0.25) is 5.91 Å². The number of amides is 2. The second-order valence-electron chi connectivity index (χ2n) is 10.8. The van der Waals surface area contributed by atoms with E-state index in [2.05, 4.69) is 10.3 Å². The molecule has 0 spiro atoms. The number of pyridine rings is 1. The van der Waals surface area contributed by atoms with E-state index in [0.717, 1.165) is 27.3 Å². The van der Waals surface area contributed by atoms with E-state index in [1.807, 2.05) is 109 Å². The predicted octanol–water partition coefficient (Wildman–Crippen LogP) is 5.89. The maximum absolute atomic E-state index is 14.3. The fourth-order valence-corrected chi connectivity index (χ4v) is 7.80. The minimum absolute atomic E-state index is 0.157. The minimum Gasteiger partial charge on any atom is -0.448 e. The van der Waals surface area contributed by atoms with Crippen molar-refractivity contribution in [2.75, 3.05) is 5.75 Å². The average molecular weight is 645 g/mol. The molecule has 1 saturated heterocycles. The summed E-state index contributed by atoms with van der Waals surface area (Å²) in [6.45, 7) is 0. The Labute approximate surface area is 274 Å². The predicted molar refractivity (Wildman–Crippen MR) is 178 cm³/mol. The third kappa shape index (κ3) is 5.96. The zero-order chi connectivity index (χ0) is 31.5. The molecule has 2 atom stereocenters. The maximum Gasteiger partial charge on any atom is 0.356 e. The van der Waals surface area contributed by atoms with E-state index in [9.17, 15) is 14.4 Å². The van der Waals surface area contributed by atoms with Crippen LogP contribution in [0.4, 0.5) is 0 Å². The van der Waals surface area contributed by atoms with Gasteiger partial charge in [-0.05, 0) is 28.8 Å². The number of nitrogens with zero attached hydrogens (tertiary/aromatic N) is 3. The van der Waals surface area contributed by atoms with Gasteiger partial charge in [0.1, 0.15) is 22.1 Å². The van der Waals surface area contributed by atoms with Gasteiger partial charge in [-0.25, -0.2) is 9.78 Å². The molecule has 228 valence electrons. The SMILES string of the molecule is O=C(Cc1ccccc1)NC1C(=O)N2C(C(=O)OC(c3ccccc3)c3ccccc3)=C(c3csc(-c4ccncc4)n3)CS[C@H]12. The van der Waals surface area contributed by atoms with Crippen molar-refractivity contribution in [2.24, 2.45) is 0 Å². The highest BCUT2D eigenvalue weighted by atomic mass is 32.2. The number of carbonyl (C=O) groups is 3. The van der Waals surface area contributed by atoms with Crippen molar-refractivity contribution in [1.29, 1.82) is 0 Å². The highest BCUT2D eigenvalue weighted by Gasteiger charge is 2.55. The normalized spacial score (nSPS) is 17.3. The number of benzene rings is 3. The first-order valence-electron chi connectivity index (χ1n) is 14.7. The number of fused-ring (bicyclic) bond motifs is 1. The third-order valence-corrected chi connectivity index (χ3v) is 10.0. The average Bonchev–Trinajstić information content (AvgIpc) is 3.61. The van der Waals surface area contributed by atoms with Crippen molar-refractivity contribution in [3.63, 3.8) is 0 Å². The lowest BCUT2D eigenvalue weighted by atomic mass is 10.00. The first-order chi connectivity index (χ1) is 22.6. The van der Waals surface area contributed by atoms with Crippen molar-refractivity contribution in [1.82, 2.24) is 20.2 Å². The molecule has 10 heteroatoms. The van der Waals surface area contributed by atoms with Crippen LogP contribution >= 0.6 is 23.1 Å². The van der Waals surface area contributed by atoms with Gasteiger partial charge in [-0.2, -0.15) is 0 Å². The molecular weight excluding hydrogens is 617 g/mol. The first kappa shape index (κ1) is 29.6. The number of ether oxygens (including phenoxy) is 1. The third-order valence-electron chi connectivity index (χ3n) is 7.86. The minimum atomic E-state index is -0.757. The molecule has 1 fully saturated rings. The zero-order valence-electron chi connectivity index (χ0n) is 24.5. The van der Waals surface area contributed by atoms with Crippen LogP contribution in [0, 0.1) is 0 Å². The van der Waals surface area contributed by atoms with E-state index in [-0.39, 0.29) is 23.9 Å². The van der Waals surface area contributed by atoms with Crippen LogP contribution in [0.15, 0.2) is 127 Å². The molecule has 3 aromatic carbocycles. The van der Waals surface area contributed by atoms with Crippen molar-refractivity contribution in [2.45, 2.75) is 23.9 Å². The van der Waals surface area contributed by atoms with Gasteiger partial charge < -0.3 is 10.1 Å². The number of hydrogen-bond acceptors (Lipinski definition) is 8. The Kier molecular flexibility index (Phi) is 8.45. The van der Waals surface area contributed by atoms with Gasteiger partial charge in [0.05, 0.1) is 12.1 Å². The Morgan fingerprint density at radius 2 is 1.52 bits per heavy atom. The summed E-state index contributed by atoms with van der Waals surface area (Å²) in [6, 6.07) is 31.4. The van der Waals surface area contributed by atoms with Gasteiger partial charge in [-0.15, -0.1) is 23.1 Å².